The van der Waals surface area contributed by atoms with Gasteiger partial charge in [0.05, 0.1) is 17.6 Å². The van der Waals surface area contributed by atoms with Gasteiger partial charge in [-0.3, -0.25) is 10.1 Å². The summed E-state index contributed by atoms with van der Waals surface area (Å²) in [5, 5.41) is 15.6. The van der Waals surface area contributed by atoms with Gasteiger partial charge in [-0.05, 0) is 29.6 Å². The summed E-state index contributed by atoms with van der Waals surface area (Å²) in [6.07, 6.45) is 0. The van der Waals surface area contributed by atoms with Crippen molar-refractivity contribution in [3.8, 4) is 16.3 Å². The van der Waals surface area contributed by atoms with Crippen LogP contribution in [0.15, 0.2) is 39.9 Å². The van der Waals surface area contributed by atoms with E-state index in [1.807, 2.05) is 16.8 Å². The molecule has 3 rings (SSSR count). The molecule has 154 valence electrons. The van der Waals surface area contributed by atoms with Crippen LogP contribution in [0, 0.1) is 0 Å². The van der Waals surface area contributed by atoms with Crippen molar-refractivity contribution < 1.29 is 17.9 Å². The minimum Gasteiger partial charge on any atom is -0.496 e. The smallest absolute Gasteiger partial charge is 0.261 e. The number of benzene rings is 1. The fourth-order valence-corrected chi connectivity index (χ4v) is 5.61. The van der Waals surface area contributed by atoms with E-state index in [9.17, 15) is 13.2 Å². The molecule has 8 nitrogen and oxygen atoms in total. The maximum Gasteiger partial charge on any atom is 0.261 e. The molecule has 11 heteroatoms. The van der Waals surface area contributed by atoms with Gasteiger partial charge in [0.2, 0.25) is 15.2 Å². The van der Waals surface area contributed by atoms with Gasteiger partial charge in [-0.2, -0.15) is 15.6 Å². The first-order valence-corrected chi connectivity index (χ1v) is 12.0. The van der Waals surface area contributed by atoms with Crippen LogP contribution in [0.5, 0.6) is 5.75 Å². The van der Waals surface area contributed by atoms with Gasteiger partial charge < -0.3 is 4.74 Å². The molecule has 1 amide bonds. The van der Waals surface area contributed by atoms with Crippen LogP contribution in [-0.4, -0.2) is 49.0 Å². The molecule has 0 aliphatic heterocycles. The monoisotopic (exact) mass is 452 g/mol. The number of carbonyl (C=O) groups excluding carboxylic acids is 1. The van der Waals surface area contributed by atoms with Crippen molar-refractivity contribution in [2.75, 3.05) is 25.5 Å². The summed E-state index contributed by atoms with van der Waals surface area (Å²) in [7, 11) is -2.29. The highest BCUT2D eigenvalue weighted by atomic mass is 32.2. The number of rotatable bonds is 8. The maximum atomic E-state index is 12.8. The summed E-state index contributed by atoms with van der Waals surface area (Å²) >= 11 is 2.78. The molecule has 1 aromatic carbocycles. The Kier molecular flexibility index (Phi) is 6.63. The van der Waals surface area contributed by atoms with E-state index in [0.29, 0.717) is 23.2 Å². The van der Waals surface area contributed by atoms with Gasteiger partial charge in [0.15, 0.2) is 0 Å². The quantitative estimate of drug-likeness (QED) is 0.561. The number of hydrogen-bond acceptors (Lipinski definition) is 8. The van der Waals surface area contributed by atoms with Crippen molar-refractivity contribution in [3.63, 3.8) is 0 Å². The Morgan fingerprint density at radius 2 is 1.97 bits per heavy atom. The molecule has 0 saturated carbocycles. The van der Waals surface area contributed by atoms with E-state index < -0.39 is 15.9 Å². The summed E-state index contributed by atoms with van der Waals surface area (Å²) in [5.41, 5.74) is 1.03. The number of ether oxygens (including phenoxy) is 1. The van der Waals surface area contributed by atoms with Crippen LogP contribution in [0.2, 0.25) is 0 Å². The number of anilines is 1. The second kappa shape index (κ2) is 8.99. The summed E-state index contributed by atoms with van der Waals surface area (Å²) in [4.78, 5) is 12.8. The number of nitrogens with zero attached hydrogens (tertiary/aromatic N) is 3. The third-order valence-electron chi connectivity index (χ3n) is 4.17. The first-order chi connectivity index (χ1) is 13.9. The normalized spacial score (nSPS) is 11.6. The van der Waals surface area contributed by atoms with Crippen LogP contribution in [0.1, 0.15) is 24.2 Å². The van der Waals surface area contributed by atoms with Crippen molar-refractivity contribution in [1.82, 2.24) is 14.5 Å². The number of carbonyl (C=O) groups is 1. The third kappa shape index (κ3) is 4.47. The van der Waals surface area contributed by atoms with Crippen LogP contribution in [-0.2, 0) is 10.0 Å². The minimum absolute atomic E-state index is 0.0309. The van der Waals surface area contributed by atoms with Crippen LogP contribution in [0.4, 0.5) is 5.13 Å². The van der Waals surface area contributed by atoms with Crippen LogP contribution in [0.25, 0.3) is 10.6 Å². The van der Waals surface area contributed by atoms with Gasteiger partial charge in [0.1, 0.15) is 10.8 Å². The first-order valence-electron chi connectivity index (χ1n) is 8.76. The molecule has 0 unspecified atom stereocenters. The van der Waals surface area contributed by atoms with Gasteiger partial charge in [0.25, 0.3) is 5.91 Å². The second-order valence-electron chi connectivity index (χ2n) is 5.83. The molecule has 0 aliphatic carbocycles. The lowest BCUT2D eigenvalue weighted by Crippen LogP contribution is -2.30. The molecule has 0 aliphatic rings. The van der Waals surface area contributed by atoms with E-state index in [-0.39, 0.29) is 16.2 Å². The van der Waals surface area contributed by atoms with Gasteiger partial charge in [0, 0.05) is 24.0 Å². The highest BCUT2D eigenvalue weighted by Crippen LogP contribution is 2.29. The van der Waals surface area contributed by atoms with Gasteiger partial charge in [-0.1, -0.05) is 25.2 Å². The summed E-state index contributed by atoms with van der Waals surface area (Å²) < 4.78 is 32.2. The van der Waals surface area contributed by atoms with Crippen molar-refractivity contribution in [2.45, 2.75) is 18.7 Å². The van der Waals surface area contributed by atoms with E-state index in [1.165, 1.54) is 41.0 Å². The van der Waals surface area contributed by atoms with E-state index in [1.54, 1.807) is 25.2 Å². The Labute approximate surface area is 177 Å². The summed E-state index contributed by atoms with van der Waals surface area (Å²) in [5.74, 6) is -0.255. The summed E-state index contributed by atoms with van der Waals surface area (Å²) in [6.45, 7) is 4.20. The molecular weight excluding hydrogens is 432 g/mol. The van der Waals surface area contributed by atoms with Gasteiger partial charge in [-0.25, -0.2) is 8.42 Å². The highest BCUT2D eigenvalue weighted by Gasteiger charge is 2.25. The van der Waals surface area contributed by atoms with Crippen molar-refractivity contribution in [3.05, 3.63) is 40.6 Å². The molecule has 2 heterocycles. The standard InChI is InChI=1S/C18H20N4O4S3/c1-4-22(5-2)29(24,25)13-6-7-15(26-3)14(10-13)16(23)19-18-21-20-17(28-18)12-8-9-27-11-12/h6-11H,4-5H2,1-3H3,(H,19,21,23). The van der Waals surface area contributed by atoms with Crippen molar-refractivity contribution >= 4 is 43.7 Å². The molecule has 1 N–H and O–H groups in total. The lowest BCUT2D eigenvalue weighted by Gasteiger charge is -2.19. The van der Waals surface area contributed by atoms with Gasteiger partial charge in [-0.15, -0.1) is 10.2 Å². The Morgan fingerprint density at radius 3 is 2.59 bits per heavy atom. The van der Waals surface area contributed by atoms with E-state index >= 15 is 0 Å². The molecule has 0 radical (unpaired) electrons. The second-order valence-corrected chi connectivity index (χ2v) is 9.53. The number of aromatic nitrogens is 2. The molecular formula is C18H20N4O4S3. The Balaban J connectivity index is 1.90. The number of sulfonamides is 1. The predicted octanol–water partition coefficient (Wildman–Crippen LogP) is 3.56. The average molecular weight is 453 g/mol. The lowest BCUT2D eigenvalue weighted by molar-refractivity contribution is 0.102. The fraction of sp³-hybridized carbons (Fsp3) is 0.278. The van der Waals surface area contributed by atoms with Crippen LogP contribution in [0.3, 0.4) is 0 Å². The molecule has 0 atom stereocenters. The van der Waals surface area contributed by atoms with Crippen molar-refractivity contribution in [1.29, 1.82) is 0 Å². The maximum absolute atomic E-state index is 12.8. The van der Waals surface area contributed by atoms with Crippen LogP contribution < -0.4 is 10.1 Å². The fourth-order valence-electron chi connectivity index (χ4n) is 2.68. The number of amides is 1. The summed E-state index contributed by atoms with van der Waals surface area (Å²) in [6, 6.07) is 6.15. The highest BCUT2D eigenvalue weighted by molar-refractivity contribution is 7.89. The lowest BCUT2D eigenvalue weighted by atomic mass is 10.2. The zero-order valence-electron chi connectivity index (χ0n) is 16.1. The molecule has 3 aromatic rings. The molecule has 0 spiro atoms. The zero-order valence-corrected chi connectivity index (χ0v) is 18.5. The average Bonchev–Trinajstić information content (AvgIpc) is 3.40. The minimum atomic E-state index is -3.71. The molecule has 0 fully saturated rings. The SMILES string of the molecule is CCN(CC)S(=O)(=O)c1ccc(OC)c(C(=O)Nc2nnc(-c3ccsc3)s2)c1. The molecule has 2 aromatic heterocycles. The Bertz CT molecular complexity index is 1090. The molecule has 29 heavy (non-hydrogen) atoms. The van der Waals surface area contributed by atoms with Crippen LogP contribution >= 0.6 is 22.7 Å². The van der Waals surface area contributed by atoms with E-state index in [0.717, 1.165) is 5.56 Å². The number of hydrogen-bond donors (Lipinski definition) is 1. The Hall–Kier alpha value is -2.34. The topological polar surface area (TPSA) is 101 Å². The molecule has 0 bridgehead atoms. The number of thiophene rings is 1. The number of nitrogens with one attached hydrogen (secondary N) is 1. The predicted molar refractivity (Wildman–Crippen MR) is 114 cm³/mol. The largest absolute Gasteiger partial charge is 0.496 e. The number of methoxy groups -OCH3 is 1. The first kappa shape index (κ1) is 21.4. The van der Waals surface area contributed by atoms with Gasteiger partial charge >= 0.3 is 0 Å². The third-order valence-corrected chi connectivity index (χ3v) is 7.79. The van der Waals surface area contributed by atoms with E-state index in [2.05, 4.69) is 15.5 Å². The van der Waals surface area contributed by atoms with Crippen molar-refractivity contribution in [2.24, 2.45) is 0 Å². The molecule has 0 saturated heterocycles. The van der Waals surface area contributed by atoms with E-state index in [4.69, 9.17) is 4.74 Å². The zero-order chi connectivity index (χ0) is 21.0. The Morgan fingerprint density at radius 1 is 1.21 bits per heavy atom.